The SMILES string of the molecule is CCCCCCCCCCCCCC/C=C/CC/C=C/CC/C=C/C(O)C(COP(=O)(O)OCC[N+](C)(C)C)NC(=O)CCCCCCCCCCCC. The number of quaternary nitrogens is 1. The molecule has 0 aromatic rings. The number of aliphatic hydroxyl groups excluding tert-OH is 1. The highest BCUT2D eigenvalue weighted by Gasteiger charge is 2.27. The van der Waals surface area contributed by atoms with E-state index < -0.39 is 20.0 Å². The monoisotopic (exact) mass is 784 g/mol. The molecule has 3 unspecified atom stereocenters. The van der Waals surface area contributed by atoms with Crippen LogP contribution in [0.5, 0.6) is 0 Å². The second kappa shape index (κ2) is 37.3. The fourth-order valence-electron chi connectivity index (χ4n) is 6.25. The molecule has 0 aliphatic heterocycles. The van der Waals surface area contributed by atoms with Gasteiger partial charge in [-0.25, -0.2) is 4.57 Å². The lowest BCUT2D eigenvalue weighted by molar-refractivity contribution is -0.870. The lowest BCUT2D eigenvalue weighted by Gasteiger charge is -2.25. The van der Waals surface area contributed by atoms with E-state index >= 15 is 0 Å². The highest BCUT2D eigenvalue weighted by Crippen LogP contribution is 2.43. The van der Waals surface area contributed by atoms with Crippen LogP contribution in [-0.2, 0) is 18.4 Å². The topological polar surface area (TPSA) is 105 Å². The molecule has 0 saturated carbocycles. The highest BCUT2D eigenvalue weighted by molar-refractivity contribution is 7.47. The molecule has 9 heteroatoms. The number of amides is 1. The lowest BCUT2D eigenvalue weighted by atomic mass is 10.0. The van der Waals surface area contributed by atoms with Crippen LogP contribution in [0.15, 0.2) is 36.5 Å². The average Bonchev–Trinajstić information content (AvgIpc) is 3.12. The summed E-state index contributed by atoms with van der Waals surface area (Å²) in [6.07, 6.45) is 45.1. The number of hydrogen-bond acceptors (Lipinski definition) is 5. The Labute approximate surface area is 334 Å². The summed E-state index contributed by atoms with van der Waals surface area (Å²) in [5.74, 6) is -0.194. The van der Waals surface area contributed by atoms with Crippen LogP contribution in [-0.4, -0.2) is 73.4 Å². The normalized spacial score (nSPS) is 14.7. The van der Waals surface area contributed by atoms with Crippen LogP contribution >= 0.6 is 7.82 Å². The number of carbonyl (C=O) groups excluding carboxylic acids is 1. The molecule has 3 atom stereocenters. The molecule has 3 N–H and O–H groups in total. The van der Waals surface area contributed by atoms with Gasteiger partial charge in [0.15, 0.2) is 0 Å². The van der Waals surface area contributed by atoms with E-state index in [0.717, 1.165) is 44.9 Å². The Bertz CT molecular complexity index is 980. The summed E-state index contributed by atoms with van der Waals surface area (Å²) in [5, 5.41) is 13.8. The quantitative estimate of drug-likeness (QED) is 0.0247. The van der Waals surface area contributed by atoms with Gasteiger partial charge in [-0.05, 0) is 44.9 Å². The molecule has 0 saturated heterocycles. The van der Waals surface area contributed by atoms with Crippen molar-refractivity contribution in [1.82, 2.24) is 5.32 Å². The number of nitrogens with one attached hydrogen (secondary N) is 1. The first-order valence-corrected chi connectivity index (χ1v) is 23.9. The number of rotatable bonds is 40. The van der Waals surface area contributed by atoms with Gasteiger partial charge >= 0.3 is 7.82 Å². The number of phosphoric acid groups is 1. The van der Waals surface area contributed by atoms with Crippen LogP contribution in [0.25, 0.3) is 0 Å². The summed E-state index contributed by atoms with van der Waals surface area (Å²) in [7, 11) is 1.55. The minimum absolute atomic E-state index is 0.0543. The Morgan fingerprint density at radius 1 is 0.611 bits per heavy atom. The van der Waals surface area contributed by atoms with Crippen LogP contribution in [0.1, 0.15) is 194 Å². The fourth-order valence-corrected chi connectivity index (χ4v) is 6.98. The number of phosphoric ester groups is 1. The number of allylic oxidation sites excluding steroid dienone is 5. The first-order valence-electron chi connectivity index (χ1n) is 22.4. The zero-order chi connectivity index (χ0) is 40.0. The number of likely N-dealkylation sites (N-methyl/N-ethyl adjacent to an activating group) is 1. The summed E-state index contributed by atoms with van der Waals surface area (Å²) < 4.78 is 23.5. The van der Waals surface area contributed by atoms with Gasteiger partial charge in [-0.15, -0.1) is 0 Å². The molecule has 0 aliphatic rings. The van der Waals surface area contributed by atoms with Crippen LogP contribution < -0.4 is 5.32 Å². The van der Waals surface area contributed by atoms with Crippen molar-refractivity contribution in [3.05, 3.63) is 36.5 Å². The maximum absolute atomic E-state index is 12.8. The largest absolute Gasteiger partial charge is 0.472 e. The fraction of sp³-hybridized carbons (Fsp3) is 0.844. The van der Waals surface area contributed by atoms with Gasteiger partial charge in [0.1, 0.15) is 13.2 Å². The molecular weight excluding hydrogens is 695 g/mol. The number of hydrogen-bond donors (Lipinski definition) is 3. The molecule has 0 aromatic carbocycles. The summed E-state index contributed by atoms with van der Waals surface area (Å²) in [4.78, 5) is 23.0. The van der Waals surface area contributed by atoms with E-state index in [4.69, 9.17) is 9.05 Å². The summed E-state index contributed by atoms with van der Waals surface area (Å²) in [6, 6.07) is -0.864. The van der Waals surface area contributed by atoms with Gasteiger partial charge < -0.3 is 19.8 Å². The van der Waals surface area contributed by atoms with E-state index in [2.05, 4.69) is 43.5 Å². The third kappa shape index (κ3) is 39.0. The van der Waals surface area contributed by atoms with E-state index in [9.17, 15) is 19.4 Å². The van der Waals surface area contributed by atoms with E-state index in [1.165, 1.54) is 128 Å². The third-order valence-electron chi connectivity index (χ3n) is 9.84. The Kier molecular flexibility index (Phi) is 36.4. The van der Waals surface area contributed by atoms with E-state index in [0.29, 0.717) is 17.4 Å². The number of nitrogens with zero attached hydrogens (tertiary/aromatic N) is 1. The van der Waals surface area contributed by atoms with Crippen molar-refractivity contribution >= 4 is 13.7 Å². The molecule has 0 aliphatic carbocycles. The molecule has 0 spiro atoms. The van der Waals surface area contributed by atoms with Gasteiger partial charge in [0.25, 0.3) is 0 Å². The van der Waals surface area contributed by atoms with Gasteiger partial charge in [-0.3, -0.25) is 13.8 Å². The zero-order valence-electron chi connectivity index (χ0n) is 36.0. The first-order chi connectivity index (χ1) is 26.0. The van der Waals surface area contributed by atoms with Crippen molar-refractivity contribution in [1.29, 1.82) is 0 Å². The van der Waals surface area contributed by atoms with Gasteiger partial charge in [0, 0.05) is 6.42 Å². The Balaban J connectivity index is 4.42. The standard InChI is InChI=1S/C45H87N2O6P/c1-6-8-10-12-14-16-18-19-20-21-22-23-24-25-26-27-28-29-30-32-34-36-38-44(48)43(42-53-54(50,51)52-41-40-47(3,4)5)46-45(49)39-37-35-33-31-17-15-13-11-9-7-2/h25-26,29-30,36,38,43-44,48H,6-24,27-28,31-35,37,39-42H2,1-5H3,(H-,46,49,50,51)/p+1/b26-25+,30-29+,38-36+. The van der Waals surface area contributed by atoms with Gasteiger partial charge in [-0.2, -0.15) is 0 Å². The van der Waals surface area contributed by atoms with Crippen molar-refractivity contribution in [2.45, 2.75) is 206 Å². The molecule has 318 valence electrons. The number of carbonyl (C=O) groups is 1. The van der Waals surface area contributed by atoms with E-state index in [1.807, 2.05) is 27.2 Å². The molecule has 0 heterocycles. The molecule has 8 nitrogen and oxygen atoms in total. The average molecular weight is 784 g/mol. The predicted molar refractivity (Wildman–Crippen MR) is 231 cm³/mol. The summed E-state index contributed by atoms with van der Waals surface area (Å²) >= 11 is 0. The molecule has 0 rings (SSSR count). The van der Waals surface area contributed by atoms with Crippen molar-refractivity contribution < 1.29 is 32.9 Å². The summed E-state index contributed by atoms with van der Waals surface area (Å²) in [5.41, 5.74) is 0. The van der Waals surface area contributed by atoms with Crippen molar-refractivity contribution in [2.24, 2.45) is 0 Å². The van der Waals surface area contributed by atoms with Crippen molar-refractivity contribution in [2.75, 3.05) is 40.9 Å². The van der Waals surface area contributed by atoms with E-state index in [-0.39, 0.29) is 19.1 Å². The van der Waals surface area contributed by atoms with Crippen molar-refractivity contribution in [3.63, 3.8) is 0 Å². The molecule has 0 radical (unpaired) electrons. The Morgan fingerprint density at radius 2 is 1.02 bits per heavy atom. The van der Waals surface area contributed by atoms with Crippen LogP contribution in [0.2, 0.25) is 0 Å². The smallest absolute Gasteiger partial charge is 0.387 e. The minimum Gasteiger partial charge on any atom is -0.387 e. The van der Waals surface area contributed by atoms with Crippen LogP contribution in [0.4, 0.5) is 0 Å². The zero-order valence-corrected chi connectivity index (χ0v) is 36.9. The van der Waals surface area contributed by atoms with E-state index in [1.54, 1.807) is 6.08 Å². The van der Waals surface area contributed by atoms with Crippen LogP contribution in [0, 0.1) is 0 Å². The van der Waals surface area contributed by atoms with Gasteiger partial charge in [-0.1, -0.05) is 179 Å². The number of aliphatic hydroxyl groups is 1. The van der Waals surface area contributed by atoms with Crippen molar-refractivity contribution in [3.8, 4) is 0 Å². The minimum atomic E-state index is -4.34. The second-order valence-electron chi connectivity index (χ2n) is 16.4. The molecule has 0 aromatic heterocycles. The lowest BCUT2D eigenvalue weighted by Crippen LogP contribution is -2.45. The molecule has 0 bridgehead atoms. The molecule has 1 amide bonds. The van der Waals surface area contributed by atoms with Crippen LogP contribution in [0.3, 0.4) is 0 Å². The number of unbranched alkanes of at least 4 members (excludes halogenated alkanes) is 23. The molecular formula is C45H88N2O6P+. The maximum Gasteiger partial charge on any atom is 0.472 e. The third-order valence-corrected chi connectivity index (χ3v) is 10.8. The van der Waals surface area contributed by atoms with Gasteiger partial charge in [0.2, 0.25) is 5.91 Å². The maximum atomic E-state index is 12.8. The second-order valence-corrected chi connectivity index (χ2v) is 17.9. The van der Waals surface area contributed by atoms with Gasteiger partial charge in [0.05, 0.1) is 39.9 Å². The summed E-state index contributed by atoms with van der Waals surface area (Å²) in [6.45, 7) is 4.76. The molecule has 0 fully saturated rings. The first kappa shape index (κ1) is 52.7. The highest BCUT2D eigenvalue weighted by atomic mass is 31.2. The Hall–Kier alpha value is -1.28. The molecule has 54 heavy (non-hydrogen) atoms. The predicted octanol–water partition coefficient (Wildman–Crippen LogP) is 12.3. The Morgan fingerprint density at radius 3 is 1.48 bits per heavy atom.